The summed E-state index contributed by atoms with van der Waals surface area (Å²) in [4.78, 5) is 25.5. The second-order valence-corrected chi connectivity index (χ2v) is 13.3. The van der Waals surface area contributed by atoms with Crippen molar-refractivity contribution >= 4 is 50.6 Å². The van der Waals surface area contributed by atoms with E-state index in [1.165, 1.54) is 46.5 Å². The molecule has 0 saturated carbocycles. The predicted molar refractivity (Wildman–Crippen MR) is 191 cm³/mol. The summed E-state index contributed by atoms with van der Waals surface area (Å²) in [5.74, 6) is -0.552. The van der Waals surface area contributed by atoms with Crippen LogP contribution in [0.15, 0.2) is 109 Å². The number of esters is 2. The fraction of sp³-hybridized carbons (Fsp3) is 0.293. The van der Waals surface area contributed by atoms with Crippen LogP contribution >= 0.6 is 0 Å². The smallest absolute Gasteiger partial charge is 0.302 e. The molecular weight excluding hydrogens is 584 g/mol. The van der Waals surface area contributed by atoms with Gasteiger partial charge in [-0.15, -0.1) is 0 Å². The lowest BCUT2D eigenvalue weighted by atomic mass is 9.79. The van der Waals surface area contributed by atoms with Gasteiger partial charge in [0.1, 0.15) is 6.61 Å². The van der Waals surface area contributed by atoms with Crippen molar-refractivity contribution in [2.75, 3.05) is 31.2 Å². The molecule has 4 aromatic rings. The van der Waals surface area contributed by atoms with E-state index in [0.29, 0.717) is 26.3 Å². The second kappa shape index (κ2) is 12.7. The number of ether oxygens (including phenoxy) is 2. The lowest BCUT2D eigenvalue weighted by molar-refractivity contribution is -0.440. The molecule has 47 heavy (non-hydrogen) atoms. The van der Waals surface area contributed by atoms with Crippen LogP contribution in [0.5, 0.6) is 0 Å². The molecule has 0 atom stereocenters. The van der Waals surface area contributed by atoms with Crippen LogP contribution in [0.1, 0.15) is 52.7 Å². The first-order valence-corrected chi connectivity index (χ1v) is 16.3. The lowest BCUT2D eigenvalue weighted by Crippen LogP contribution is -2.29. The maximum absolute atomic E-state index is 11.6. The molecule has 6 nitrogen and oxygen atoms in total. The van der Waals surface area contributed by atoms with Crippen LogP contribution in [0, 0.1) is 0 Å². The minimum atomic E-state index is -0.276. The van der Waals surface area contributed by atoms with Gasteiger partial charge in [-0.3, -0.25) is 9.59 Å². The highest BCUT2D eigenvalue weighted by molar-refractivity contribution is 6.07. The minimum Gasteiger partial charge on any atom is -0.464 e. The van der Waals surface area contributed by atoms with Crippen LogP contribution in [0.4, 0.5) is 11.4 Å². The Balaban J connectivity index is 1.34. The lowest BCUT2D eigenvalue weighted by Gasteiger charge is -2.27. The first kappa shape index (κ1) is 32.0. The Morgan fingerprint density at radius 2 is 1.34 bits per heavy atom. The Morgan fingerprint density at radius 1 is 0.723 bits per heavy atom. The molecule has 6 heteroatoms. The molecule has 0 aliphatic carbocycles. The first-order chi connectivity index (χ1) is 22.5. The number of benzene rings is 4. The Labute approximate surface area is 277 Å². The van der Waals surface area contributed by atoms with Gasteiger partial charge in [0.05, 0.1) is 12.0 Å². The summed E-state index contributed by atoms with van der Waals surface area (Å²) in [5, 5.41) is 4.89. The van der Waals surface area contributed by atoms with Gasteiger partial charge in [0.25, 0.3) is 0 Å². The summed E-state index contributed by atoms with van der Waals surface area (Å²) in [5.41, 5.74) is 6.63. The molecule has 6 rings (SSSR count). The van der Waals surface area contributed by atoms with Crippen molar-refractivity contribution in [3.63, 3.8) is 0 Å². The number of allylic oxidation sites excluding steroid dienone is 6. The zero-order chi connectivity index (χ0) is 33.3. The third-order valence-corrected chi connectivity index (χ3v) is 9.48. The average molecular weight is 628 g/mol. The van der Waals surface area contributed by atoms with Gasteiger partial charge in [0.2, 0.25) is 5.69 Å². The molecule has 4 aromatic carbocycles. The molecule has 240 valence electrons. The van der Waals surface area contributed by atoms with E-state index in [-0.39, 0.29) is 22.8 Å². The number of hydrogen-bond acceptors (Lipinski definition) is 5. The van der Waals surface area contributed by atoms with E-state index in [1.807, 2.05) is 0 Å². The van der Waals surface area contributed by atoms with Gasteiger partial charge in [-0.2, -0.15) is 4.58 Å². The van der Waals surface area contributed by atoms with Crippen molar-refractivity contribution in [2.24, 2.45) is 0 Å². The molecule has 0 saturated heterocycles. The molecule has 0 spiro atoms. The van der Waals surface area contributed by atoms with E-state index in [2.05, 4.69) is 140 Å². The topological polar surface area (TPSA) is 58.9 Å². The highest BCUT2D eigenvalue weighted by Crippen LogP contribution is 2.50. The molecule has 0 aromatic heterocycles. The van der Waals surface area contributed by atoms with Crippen LogP contribution in [-0.2, 0) is 29.9 Å². The van der Waals surface area contributed by atoms with Gasteiger partial charge in [-0.25, -0.2) is 0 Å². The van der Waals surface area contributed by atoms with Crippen molar-refractivity contribution in [1.82, 2.24) is 0 Å². The van der Waals surface area contributed by atoms with Crippen molar-refractivity contribution in [2.45, 2.75) is 52.4 Å². The Bertz CT molecular complexity index is 2010. The summed E-state index contributed by atoms with van der Waals surface area (Å²) in [6.07, 6.45) is 10.6. The first-order valence-electron chi connectivity index (χ1n) is 16.3. The summed E-state index contributed by atoms with van der Waals surface area (Å²) < 4.78 is 13.0. The third kappa shape index (κ3) is 5.89. The van der Waals surface area contributed by atoms with Crippen LogP contribution in [-0.4, -0.2) is 48.5 Å². The predicted octanol–water partition coefficient (Wildman–Crippen LogP) is 8.29. The Hall–Kier alpha value is -4.97. The number of anilines is 1. The monoisotopic (exact) mass is 627 g/mol. The van der Waals surface area contributed by atoms with Crippen molar-refractivity contribution in [1.29, 1.82) is 0 Å². The minimum absolute atomic E-state index is 0.265. The summed E-state index contributed by atoms with van der Waals surface area (Å²) >= 11 is 0. The molecule has 2 aliphatic rings. The average Bonchev–Trinajstić information content (AvgIpc) is 3.39. The Morgan fingerprint density at radius 3 is 2.02 bits per heavy atom. The van der Waals surface area contributed by atoms with Gasteiger partial charge in [0.15, 0.2) is 18.9 Å². The van der Waals surface area contributed by atoms with E-state index in [1.54, 1.807) is 0 Å². The highest BCUT2D eigenvalue weighted by Gasteiger charge is 2.45. The molecular formula is C41H43N2O4+. The van der Waals surface area contributed by atoms with E-state index in [4.69, 9.17) is 9.47 Å². The van der Waals surface area contributed by atoms with E-state index < -0.39 is 0 Å². The van der Waals surface area contributed by atoms with Gasteiger partial charge >= 0.3 is 11.9 Å². The van der Waals surface area contributed by atoms with Gasteiger partial charge < -0.3 is 14.4 Å². The normalized spacial score (nSPS) is 17.3. The molecule has 0 radical (unpaired) electrons. The number of fused-ring (bicyclic) bond motifs is 6. The zero-order valence-corrected chi connectivity index (χ0v) is 28.2. The van der Waals surface area contributed by atoms with Gasteiger partial charge in [-0.1, -0.05) is 86.7 Å². The molecule has 0 N–H and O–H groups in total. The Kier molecular flexibility index (Phi) is 8.63. The van der Waals surface area contributed by atoms with E-state index in [9.17, 15) is 9.59 Å². The largest absolute Gasteiger partial charge is 0.464 e. The van der Waals surface area contributed by atoms with Crippen LogP contribution < -0.4 is 4.90 Å². The molecule has 2 aliphatic heterocycles. The van der Waals surface area contributed by atoms with Crippen molar-refractivity contribution in [3.05, 3.63) is 120 Å². The number of carbonyl (C=O) groups is 2. The van der Waals surface area contributed by atoms with Crippen LogP contribution in [0.3, 0.4) is 0 Å². The quantitative estimate of drug-likeness (QED) is 0.106. The number of carbonyl (C=O) groups excluding carboxylic acids is 2. The number of hydrogen-bond donors (Lipinski definition) is 0. The van der Waals surface area contributed by atoms with Crippen molar-refractivity contribution < 1.29 is 23.6 Å². The van der Waals surface area contributed by atoms with Crippen LogP contribution in [0.25, 0.3) is 21.5 Å². The summed E-state index contributed by atoms with van der Waals surface area (Å²) in [7, 11) is 0. The van der Waals surface area contributed by atoms with Gasteiger partial charge in [0, 0.05) is 48.4 Å². The summed E-state index contributed by atoms with van der Waals surface area (Å²) in [6, 6.07) is 25.7. The maximum Gasteiger partial charge on any atom is 0.302 e. The highest BCUT2D eigenvalue weighted by atomic mass is 16.5. The number of rotatable bonds is 9. The molecule has 2 heterocycles. The molecule has 0 bridgehead atoms. The third-order valence-electron chi connectivity index (χ3n) is 9.48. The second-order valence-electron chi connectivity index (χ2n) is 13.3. The molecule has 0 unspecified atom stereocenters. The van der Waals surface area contributed by atoms with Crippen molar-refractivity contribution in [3.8, 4) is 0 Å². The SMILES string of the molecule is CC(=O)OCCN1/C(=C/C=C/C=C/C2=[N+](CCOC(C)=O)c3ccc4ccccc4c3C2(C)C)C(C)(C)c2c1ccc1ccccc21. The maximum atomic E-state index is 11.6. The van der Waals surface area contributed by atoms with E-state index >= 15 is 0 Å². The number of nitrogens with zero attached hydrogens (tertiary/aromatic N) is 2. The molecule has 0 fully saturated rings. The summed E-state index contributed by atoms with van der Waals surface area (Å²) in [6.45, 7) is 13.7. The van der Waals surface area contributed by atoms with E-state index in [0.717, 1.165) is 22.8 Å². The fourth-order valence-electron chi connectivity index (χ4n) is 7.47. The van der Waals surface area contributed by atoms with Crippen LogP contribution in [0.2, 0.25) is 0 Å². The molecule has 0 amide bonds. The van der Waals surface area contributed by atoms with Gasteiger partial charge in [-0.05, 0) is 59.2 Å². The standard InChI is InChI=1S/C41H43N2O4/c1-28(44)46-26-24-42-34-22-20-30-14-10-12-16-32(30)38(34)40(3,4)36(42)18-8-7-9-19-37-41(5,6)39-33-17-13-11-15-31(33)21-23-35(39)43(37)25-27-47-29(2)45/h7-23H,24-27H2,1-6H3/q+1. The zero-order valence-electron chi connectivity index (χ0n) is 28.2. The fourth-order valence-corrected chi connectivity index (χ4v) is 7.47.